The van der Waals surface area contributed by atoms with Crippen molar-refractivity contribution in [3.05, 3.63) is 51.6 Å². The zero-order valence-electron chi connectivity index (χ0n) is 22.6. The standard InChI is InChI=1S/C28H32F5N5O3/c1-16-7-10-34-25-24(16)38(27(41)35-25)19-8-11-36(12-9-19)22(39)13-17-5-6-18(20-3-2-4-21(29)23(20)30)14-37(26(17)40)15-28(31,32)33/h2-4,10,16-19H,5-9,11-15H2,1H3,(H,35,41). The van der Waals surface area contributed by atoms with Gasteiger partial charge in [-0.05, 0) is 43.7 Å². The average Bonchev–Trinajstić information content (AvgIpc) is 3.19. The van der Waals surface area contributed by atoms with Gasteiger partial charge >= 0.3 is 11.9 Å². The van der Waals surface area contributed by atoms with E-state index < -0.39 is 48.6 Å². The maximum absolute atomic E-state index is 14.5. The lowest BCUT2D eigenvalue weighted by molar-refractivity contribution is -0.164. The molecule has 2 amide bonds. The van der Waals surface area contributed by atoms with Crippen LogP contribution in [0, 0.1) is 17.6 Å². The van der Waals surface area contributed by atoms with Crippen molar-refractivity contribution in [3.63, 3.8) is 0 Å². The van der Waals surface area contributed by atoms with Crippen LogP contribution in [0.25, 0.3) is 0 Å². The lowest BCUT2D eigenvalue weighted by Gasteiger charge is -2.34. The number of nitrogens with one attached hydrogen (secondary N) is 1. The van der Waals surface area contributed by atoms with E-state index in [2.05, 4.69) is 9.98 Å². The van der Waals surface area contributed by atoms with E-state index in [1.54, 1.807) is 15.7 Å². The summed E-state index contributed by atoms with van der Waals surface area (Å²) in [7, 11) is 0. The van der Waals surface area contributed by atoms with Crippen LogP contribution in [0.1, 0.15) is 74.6 Å². The minimum atomic E-state index is -4.69. The second-order valence-corrected chi connectivity index (χ2v) is 11.2. The van der Waals surface area contributed by atoms with Gasteiger partial charge in [0.25, 0.3) is 0 Å². The highest BCUT2D eigenvalue weighted by Gasteiger charge is 2.40. The number of hydrogen-bond donors (Lipinski definition) is 1. The third-order valence-electron chi connectivity index (χ3n) is 8.45. The fraction of sp³-hybridized carbons (Fsp3) is 0.571. The topological polar surface area (TPSA) is 90.8 Å². The number of likely N-dealkylation sites (tertiary alicyclic amines) is 2. The number of piperidine rings is 1. The van der Waals surface area contributed by atoms with Crippen molar-refractivity contribution in [2.45, 2.75) is 69.5 Å². The van der Waals surface area contributed by atoms with Crippen LogP contribution in [0.4, 0.5) is 27.8 Å². The highest BCUT2D eigenvalue weighted by atomic mass is 19.4. The highest BCUT2D eigenvalue weighted by molar-refractivity contribution is 5.86. The number of imidazole rings is 1. The van der Waals surface area contributed by atoms with Crippen LogP contribution in [0.5, 0.6) is 0 Å². The average molecular weight is 582 g/mol. The highest BCUT2D eigenvalue weighted by Crippen LogP contribution is 2.36. The van der Waals surface area contributed by atoms with E-state index in [0.29, 0.717) is 36.6 Å². The van der Waals surface area contributed by atoms with E-state index in [4.69, 9.17) is 0 Å². The number of aliphatic imine (C=N–C) groups is 1. The van der Waals surface area contributed by atoms with Crippen LogP contribution in [-0.4, -0.2) is 69.7 Å². The Kier molecular flexibility index (Phi) is 8.06. The Bertz CT molecular complexity index is 1390. The second-order valence-electron chi connectivity index (χ2n) is 11.2. The van der Waals surface area contributed by atoms with E-state index in [0.717, 1.165) is 18.2 Å². The first kappa shape index (κ1) is 29.0. The lowest BCUT2D eigenvalue weighted by Crippen LogP contribution is -2.45. The summed E-state index contributed by atoms with van der Waals surface area (Å²) in [6.45, 7) is 0.724. The molecule has 4 heterocycles. The zero-order valence-corrected chi connectivity index (χ0v) is 22.6. The number of nitrogens with zero attached hydrogens (tertiary/aromatic N) is 4. The minimum absolute atomic E-state index is 0.0688. The molecule has 1 aromatic heterocycles. The third kappa shape index (κ3) is 6.08. The molecule has 3 aliphatic heterocycles. The lowest BCUT2D eigenvalue weighted by atomic mass is 9.90. The Morgan fingerprint density at radius 1 is 1.10 bits per heavy atom. The molecule has 0 saturated carbocycles. The van der Waals surface area contributed by atoms with E-state index >= 15 is 0 Å². The van der Waals surface area contributed by atoms with Gasteiger partial charge in [0.2, 0.25) is 11.8 Å². The zero-order chi connectivity index (χ0) is 29.5. The molecule has 3 atom stereocenters. The molecule has 2 saturated heterocycles. The molecule has 222 valence electrons. The SMILES string of the molecule is CC1CC=Nc2[nH]c(=O)n(C3CCN(C(=O)CC4CCC(c5cccc(F)c5F)CN(CC(F)(F)F)C4=O)CC3)c21. The number of amides is 2. The molecule has 8 nitrogen and oxygen atoms in total. The number of fused-ring (bicyclic) bond motifs is 1. The second kappa shape index (κ2) is 11.4. The number of hydrogen-bond acceptors (Lipinski definition) is 4. The third-order valence-corrected chi connectivity index (χ3v) is 8.45. The number of H-pyrrole nitrogens is 1. The number of rotatable bonds is 5. The molecule has 0 radical (unpaired) electrons. The quantitative estimate of drug-likeness (QED) is 0.515. The summed E-state index contributed by atoms with van der Waals surface area (Å²) in [6.07, 6.45) is -1.27. The molecular formula is C28H32F5N5O3. The molecule has 0 spiro atoms. The summed E-state index contributed by atoms with van der Waals surface area (Å²) in [5.41, 5.74) is 0.519. The summed E-state index contributed by atoms with van der Waals surface area (Å²) >= 11 is 0. The van der Waals surface area contributed by atoms with Gasteiger partial charge in [0, 0.05) is 56.1 Å². The predicted molar refractivity (Wildman–Crippen MR) is 140 cm³/mol. The first-order chi connectivity index (χ1) is 19.4. The van der Waals surface area contributed by atoms with Gasteiger partial charge in [-0.1, -0.05) is 19.1 Å². The summed E-state index contributed by atoms with van der Waals surface area (Å²) < 4.78 is 70.2. The van der Waals surface area contributed by atoms with Crippen LogP contribution < -0.4 is 5.69 Å². The molecule has 2 aromatic rings. The molecule has 3 aliphatic rings. The number of benzene rings is 1. The van der Waals surface area contributed by atoms with Crippen LogP contribution in [0.15, 0.2) is 28.0 Å². The largest absolute Gasteiger partial charge is 0.406 e. The van der Waals surface area contributed by atoms with E-state index in [1.165, 1.54) is 12.1 Å². The van der Waals surface area contributed by atoms with E-state index in [1.807, 2.05) is 6.92 Å². The Morgan fingerprint density at radius 3 is 2.54 bits per heavy atom. The van der Waals surface area contributed by atoms with Crippen molar-refractivity contribution in [1.29, 1.82) is 0 Å². The summed E-state index contributed by atoms with van der Waals surface area (Å²) in [6, 6.07) is 3.39. The fourth-order valence-corrected chi connectivity index (χ4v) is 6.38. The van der Waals surface area contributed by atoms with Gasteiger partial charge in [-0.3, -0.25) is 19.1 Å². The number of carbonyl (C=O) groups excluding carboxylic acids is 2. The Morgan fingerprint density at radius 2 is 1.83 bits per heavy atom. The summed E-state index contributed by atoms with van der Waals surface area (Å²) in [5.74, 6) is -4.60. The predicted octanol–water partition coefficient (Wildman–Crippen LogP) is 4.80. The van der Waals surface area contributed by atoms with Crippen molar-refractivity contribution >= 4 is 23.8 Å². The van der Waals surface area contributed by atoms with Gasteiger partial charge in [0.05, 0.1) is 5.69 Å². The van der Waals surface area contributed by atoms with Crippen LogP contribution in [0.3, 0.4) is 0 Å². The van der Waals surface area contributed by atoms with Gasteiger partial charge < -0.3 is 9.80 Å². The first-order valence-corrected chi connectivity index (χ1v) is 13.9. The molecule has 13 heteroatoms. The van der Waals surface area contributed by atoms with Crippen molar-refractivity contribution in [3.8, 4) is 0 Å². The smallest absolute Gasteiger partial charge is 0.343 e. The normalized spacial score (nSPS) is 24.0. The molecule has 0 bridgehead atoms. The maximum Gasteiger partial charge on any atom is 0.406 e. The minimum Gasteiger partial charge on any atom is -0.343 e. The van der Waals surface area contributed by atoms with Gasteiger partial charge in [-0.15, -0.1) is 0 Å². The molecule has 2 fully saturated rings. The number of aromatic amines is 1. The molecule has 3 unspecified atom stereocenters. The fourth-order valence-electron chi connectivity index (χ4n) is 6.38. The number of aromatic nitrogens is 2. The Hall–Kier alpha value is -3.51. The molecule has 0 aliphatic carbocycles. The number of halogens is 5. The maximum atomic E-state index is 14.5. The van der Waals surface area contributed by atoms with Crippen molar-refractivity contribution in [2.24, 2.45) is 10.9 Å². The first-order valence-electron chi connectivity index (χ1n) is 13.9. The van der Waals surface area contributed by atoms with E-state index in [9.17, 15) is 36.3 Å². The van der Waals surface area contributed by atoms with Crippen molar-refractivity contribution in [1.82, 2.24) is 19.4 Å². The molecule has 5 rings (SSSR count). The van der Waals surface area contributed by atoms with Crippen LogP contribution >= 0.6 is 0 Å². The molecule has 1 N–H and O–H groups in total. The number of alkyl halides is 3. The number of carbonyl (C=O) groups is 2. The van der Waals surface area contributed by atoms with Gasteiger partial charge in [-0.2, -0.15) is 13.2 Å². The summed E-state index contributed by atoms with van der Waals surface area (Å²) in [5, 5.41) is 0. The summed E-state index contributed by atoms with van der Waals surface area (Å²) in [4.78, 5) is 48.4. The van der Waals surface area contributed by atoms with E-state index in [-0.39, 0.29) is 48.4 Å². The molecule has 1 aromatic carbocycles. The van der Waals surface area contributed by atoms with Gasteiger partial charge in [-0.25, -0.2) is 18.6 Å². The van der Waals surface area contributed by atoms with Gasteiger partial charge in [0.15, 0.2) is 17.5 Å². The van der Waals surface area contributed by atoms with Crippen molar-refractivity contribution < 1.29 is 31.5 Å². The van der Waals surface area contributed by atoms with Crippen molar-refractivity contribution in [2.75, 3.05) is 26.2 Å². The molecular weight excluding hydrogens is 549 g/mol. The van der Waals surface area contributed by atoms with Gasteiger partial charge in [0.1, 0.15) is 6.54 Å². The Labute approximate surface area is 233 Å². The molecule has 41 heavy (non-hydrogen) atoms. The van der Waals surface area contributed by atoms with Crippen LogP contribution in [0.2, 0.25) is 0 Å². The monoisotopic (exact) mass is 581 g/mol. The van der Waals surface area contributed by atoms with Crippen LogP contribution in [-0.2, 0) is 9.59 Å². The Balaban J connectivity index is 1.27.